The number of aromatic nitrogens is 4. The summed E-state index contributed by atoms with van der Waals surface area (Å²) in [4.78, 5) is 0. The molecule has 3 rings (SSSR count). The number of nitrogens with zero attached hydrogens (tertiary/aromatic N) is 4. The summed E-state index contributed by atoms with van der Waals surface area (Å²) in [6.07, 6.45) is 0. The number of hydrogen-bond donors (Lipinski definition) is 1. The highest BCUT2D eigenvalue weighted by molar-refractivity contribution is 7.99. The van der Waals surface area contributed by atoms with Gasteiger partial charge in [-0.25, -0.2) is 0 Å². The maximum absolute atomic E-state index is 5.44. The zero-order valence-electron chi connectivity index (χ0n) is 13.4. The minimum absolute atomic E-state index is 0.471. The van der Waals surface area contributed by atoms with Gasteiger partial charge in [0.1, 0.15) is 10.8 Å². The minimum atomic E-state index is 0.471. The molecule has 0 aliphatic carbocycles. The molecule has 2 heterocycles. The molecule has 23 heavy (non-hydrogen) atoms. The van der Waals surface area contributed by atoms with Crippen LogP contribution in [0.5, 0.6) is 5.75 Å². The third kappa shape index (κ3) is 3.73. The molecule has 0 saturated heterocycles. The molecule has 3 aromatic rings. The number of ether oxygens (including phenoxy) is 1. The number of nitrogens with one attached hydrogen (secondary N) is 1. The first-order valence-corrected chi connectivity index (χ1v) is 8.42. The molecular weight excluding hydrogens is 310 g/mol. The summed E-state index contributed by atoms with van der Waals surface area (Å²) in [6, 6.07) is 11.6. The highest BCUT2D eigenvalue weighted by atomic mass is 32.2. The zero-order chi connectivity index (χ0) is 16.2. The molecule has 1 aromatic carbocycles. The Labute approximate surface area is 139 Å². The monoisotopic (exact) mass is 329 g/mol. The van der Waals surface area contributed by atoms with Gasteiger partial charge >= 0.3 is 0 Å². The third-order valence-electron chi connectivity index (χ3n) is 3.02. The van der Waals surface area contributed by atoms with E-state index < -0.39 is 0 Å². The molecule has 0 amide bonds. The van der Waals surface area contributed by atoms with Crippen molar-refractivity contribution in [2.75, 3.05) is 11.9 Å². The smallest absolute Gasteiger partial charge is 0.250 e. The van der Waals surface area contributed by atoms with Crippen LogP contribution in [0.3, 0.4) is 0 Å². The summed E-state index contributed by atoms with van der Waals surface area (Å²) < 4.78 is 7.17. The summed E-state index contributed by atoms with van der Waals surface area (Å²) in [5.41, 5.74) is 1.62. The molecule has 0 atom stereocenters. The number of hydrogen-bond acceptors (Lipinski definition) is 6. The van der Waals surface area contributed by atoms with E-state index in [1.54, 1.807) is 16.3 Å². The van der Waals surface area contributed by atoms with Crippen LogP contribution in [0.25, 0.3) is 5.65 Å². The fourth-order valence-corrected chi connectivity index (χ4v) is 2.84. The van der Waals surface area contributed by atoms with E-state index in [4.69, 9.17) is 4.74 Å². The first-order valence-electron chi connectivity index (χ1n) is 7.54. The third-order valence-corrected chi connectivity index (χ3v) is 3.95. The molecule has 0 saturated carbocycles. The lowest BCUT2D eigenvalue weighted by Gasteiger charge is -2.07. The number of anilines is 2. The molecule has 6 nitrogen and oxygen atoms in total. The maximum Gasteiger partial charge on any atom is 0.250 e. The second-order valence-corrected chi connectivity index (χ2v) is 6.81. The second-order valence-electron chi connectivity index (χ2n) is 5.21. The summed E-state index contributed by atoms with van der Waals surface area (Å²) in [5.74, 6) is 1.44. The van der Waals surface area contributed by atoms with E-state index in [-0.39, 0.29) is 0 Å². The van der Waals surface area contributed by atoms with Crippen LogP contribution >= 0.6 is 11.8 Å². The van der Waals surface area contributed by atoms with Gasteiger partial charge in [-0.2, -0.15) is 9.61 Å². The Morgan fingerprint density at radius 2 is 1.91 bits per heavy atom. The van der Waals surface area contributed by atoms with Crippen LogP contribution in [0.1, 0.15) is 20.8 Å². The molecule has 120 valence electrons. The summed E-state index contributed by atoms with van der Waals surface area (Å²) in [7, 11) is 0. The van der Waals surface area contributed by atoms with Crippen molar-refractivity contribution in [1.29, 1.82) is 0 Å². The lowest BCUT2D eigenvalue weighted by Crippen LogP contribution is -2.01. The second kappa shape index (κ2) is 6.87. The van der Waals surface area contributed by atoms with E-state index in [0.29, 0.717) is 23.5 Å². The predicted molar refractivity (Wildman–Crippen MR) is 92.7 cm³/mol. The van der Waals surface area contributed by atoms with Crippen molar-refractivity contribution in [2.45, 2.75) is 31.0 Å². The highest BCUT2D eigenvalue weighted by Gasteiger charge is 2.09. The maximum atomic E-state index is 5.44. The average Bonchev–Trinajstić information content (AvgIpc) is 2.91. The van der Waals surface area contributed by atoms with Gasteiger partial charge in [-0.05, 0) is 43.3 Å². The van der Waals surface area contributed by atoms with Gasteiger partial charge in [0.05, 0.1) is 6.61 Å². The first kappa shape index (κ1) is 15.6. The predicted octanol–water partition coefficient (Wildman–Crippen LogP) is 3.77. The molecule has 2 aromatic heterocycles. The average molecular weight is 329 g/mol. The van der Waals surface area contributed by atoms with Crippen molar-refractivity contribution >= 4 is 29.0 Å². The Morgan fingerprint density at radius 1 is 1.13 bits per heavy atom. The Balaban J connectivity index is 1.84. The largest absolute Gasteiger partial charge is 0.494 e. The fourth-order valence-electron chi connectivity index (χ4n) is 2.08. The Morgan fingerprint density at radius 3 is 2.61 bits per heavy atom. The van der Waals surface area contributed by atoms with Crippen LogP contribution in [0, 0.1) is 0 Å². The van der Waals surface area contributed by atoms with Crippen LogP contribution < -0.4 is 10.1 Å². The lowest BCUT2D eigenvalue weighted by molar-refractivity contribution is 0.340. The van der Waals surface area contributed by atoms with Gasteiger partial charge in [0.2, 0.25) is 5.95 Å². The Bertz CT molecular complexity index is 785. The normalized spacial score (nSPS) is 11.1. The van der Waals surface area contributed by atoms with Crippen molar-refractivity contribution in [3.05, 3.63) is 36.4 Å². The van der Waals surface area contributed by atoms with E-state index in [9.17, 15) is 0 Å². The molecule has 0 aliphatic heterocycles. The molecule has 1 N–H and O–H groups in total. The van der Waals surface area contributed by atoms with Gasteiger partial charge in [0.15, 0.2) is 5.65 Å². The molecule has 0 radical (unpaired) electrons. The topological polar surface area (TPSA) is 64.3 Å². The van der Waals surface area contributed by atoms with E-state index in [1.165, 1.54) is 0 Å². The van der Waals surface area contributed by atoms with Crippen molar-refractivity contribution in [2.24, 2.45) is 0 Å². The van der Waals surface area contributed by atoms with Gasteiger partial charge in [0.25, 0.3) is 0 Å². The van der Waals surface area contributed by atoms with Crippen LogP contribution in [0.2, 0.25) is 0 Å². The Hall–Kier alpha value is -2.28. The number of rotatable bonds is 6. The summed E-state index contributed by atoms with van der Waals surface area (Å²) in [5, 5.41) is 17.5. The van der Waals surface area contributed by atoms with Crippen molar-refractivity contribution < 1.29 is 4.74 Å². The first-order chi connectivity index (χ1) is 11.2. The van der Waals surface area contributed by atoms with Gasteiger partial charge in [0, 0.05) is 10.9 Å². The highest BCUT2D eigenvalue weighted by Crippen LogP contribution is 2.23. The number of thioether (sulfide) groups is 1. The SMILES string of the molecule is CCOc1ccc(Nc2nnc3ccc(SC(C)C)nn23)cc1. The van der Waals surface area contributed by atoms with E-state index >= 15 is 0 Å². The molecule has 0 fully saturated rings. The summed E-state index contributed by atoms with van der Waals surface area (Å²) in [6.45, 7) is 6.90. The minimum Gasteiger partial charge on any atom is -0.494 e. The molecule has 0 spiro atoms. The van der Waals surface area contributed by atoms with Gasteiger partial charge in [-0.3, -0.25) is 0 Å². The molecule has 0 aliphatic rings. The van der Waals surface area contributed by atoms with Gasteiger partial charge in [-0.1, -0.05) is 13.8 Å². The number of fused-ring (bicyclic) bond motifs is 1. The van der Waals surface area contributed by atoms with Crippen molar-refractivity contribution in [3.63, 3.8) is 0 Å². The fraction of sp³-hybridized carbons (Fsp3) is 0.312. The zero-order valence-corrected chi connectivity index (χ0v) is 14.2. The molecule has 7 heteroatoms. The van der Waals surface area contributed by atoms with Gasteiger partial charge in [-0.15, -0.1) is 22.0 Å². The van der Waals surface area contributed by atoms with E-state index in [0.717, 1.165) is 16.5 Å². The molecule has 0 unspecified atom stereocenters. The molecule has 0 bridgehead atoms. The lowest BCUT2D eigenvalue weighted by atomic mass is 10.3. The quantitative estimate of drug-likeness (QED) is 0.695. The van der Waals surface area contributed by atoms with Crippen LogP contribution in [-0.2, 0) is 0 Å². The van der Waals surface area contributed by atoms with Crippen molar-refractivity contribution in [1.82, 2.24) is 19.8 Å². The number of benzene rings is 1. The molecular formula is C16H19N5OS. The van der Waals surface area contributed by atoms with Crippen LogP contribution in [0.4, 0.5) is 11.6 Å². The summed E-state index contributed by atoms with van der Waals surface area (Å²) >= 11 is 1.71. The van der Waals surface area contributed by atoms with E-state index in [1.807, 2.05) is 43.3 Å². The standard InChI is InChI=1S/C16H19N5OS/c1-4-22-13-7-5-12(6-8-13)17-16-19-18-14-9-10-15(20-21(14)16)23-11(2)3/h5-11H,4H2,1-3H3,(H,17,19). The van der Waals surface area contributed by atoms with Crippen LogP contribution in [-0.4, -0.2) is 31.7 Å². The van der Waals surface area contributed by atoms with Crippen molar-refractivity contribution in [3.8, 4) is 5.75 Å². The van der Waals surface area contributed by atoms with Gasteiger partial charge < -0.3 is 10.1 Å². The van der Waals surface area contributed by atoms with E-state index in [2.05, 4.69) is 34.5 Å². The van der Waals surface area contributed by atoms with Crippen LogP contribution in [0.15, 0.2) is 41.4 Å². The Kier molecular flexibility index (Phi) is 4.66.